The number of amides is 1. The molecule has 1 saturated carbocycles. The van der Waals surface area contributed by atoms with Gasteiger partial charge in [-0.1, -0.05) is 12.1 Å². The number of ether oxygens (including phenoxy) is 2. The molecule has 2 aromatic carbocycles. The van der Waals surface area contributed by atoms with Crippen LogP contribution in [0.5, 0.6) is 11.5 Å². The summed E-state index contributed by atoms with van der Waals surface area (Å²) in [4.78, 5) is 15.0. The van der Waals surface area contributed by atoms with Gasteiger partial charge in [0.05, 0.1) is 18.9 Å². The second kappa shape index (κ2) is 8.67. The van der Waals surface area contributed by atoms with E-state index >= 15 is 0 Å². The Balaban J connectivity index is 1.25. The molecule has 0 radical (unpaired) electrons. The van der Waals surface area contributed by atoms with Crippen molar-refractivity contribution in [2.75, 3.05) is 20.2 Å². The molecule has 0 spiro atoms. The van der Waals surface area contributed by atoms with Crippen molar-refractivity contribution in [1.82, 2.24) is 14.7 Å². The Morgan fingerprint density at radius 1 is 1.00 bits per heavy atom. The number of aromatic nitrogens is 2. The molecule has 0 bridgehead atoms. The number of para-hydroxylation sites is 2. The zero-order chi connectivity index (χ0) is 22.1. The molecule has 1 aromatic heterocycles. The summed E-state index contributed by atoms with van der Waals surface area (Å²) >= 11 is 0. The van der Waals surface area contributed by atoms with Crippen LogP contribution < -0.4 is 9.47 Å². The topological polar surface area (TPSA) is 76.8 Å². The van der Waals surface area contributed by atoms with E-state index in [1.54, 1.807) is 18.0 Å². The predicted octanol–water partition coefficient (Wildman–Crippen LogP) is 3.17. The van der Waals surface area contributed by atoms with E-state index in [0.29, 0.717) is 48.9 Å². The molecule has 1 aliphatic carbocycles. The monoisotopic (exact) mass is 433 g/mol. The first-order chi connectivity index (χ1) is 15.6. The Morgan fingerprint density at radius 3 is 2.41 bits per heavy atom. The fourth-order valence-electron chi connectivity index (χ4n) is 4.92. The minimum Gasteiger partial charge on any atom is -0.493 e. The summed E-state index contributed by atoms with van der Waals surface area (Å²) < 4.78 is 13.3. The largest absolute Gasteiger partial charge is 0.493 e. The van der Waals surface area contributed by atoms with Gasteiger partial charge in [0, 0.05) is 31.0 Å². The van der Waals surface area contributed by atoms with Crippen molar-refractivity contribution >= 4 is 5.91 Å². The first-order valence-electron chi connectivity index (χ1n) is 11.0. The molecule has 1 saturated heterocycles. The standard InChI is InChI=1S/C25H27N3O4/c1-31-22-5-2-3-6-23(22)32-24-14-19-16-27(15-18(19)13-21(24)29)25(30)17-7-9-20(10-8-17)28-12-4-11-26-28/h2-12,18-19,21,24,29H,13-16H2,1H3/t18-,19+,21+,24+/m0/s1. The van der Waals surface area contributed by atoms with Crippen molar-refractivity contribution in [3.05, 3.63) is 72.6 Å². The molecule has 0 unspecified atom stereocenters. The first-order valence-corrected chi connectivity index (χ1v) is 11.0. The summed E-state index contributed by atoms with van der Waals surface area (Å²) in [5.41, 5.74) is 1.59. The molecule has 32 heavy (non-hydrogen) atoms. The summed E-state index contributed by atoms with van der Waals surface area (Å²) in [5.74, 6) is 1.92. The van der Waals surface area contributed by atoms with Gasteiger partial charge >= 0.3 is 0 Å². The molecule has 5 rings (SSSR count). The minimum atomic E-state index is -0.565. The van der Waals surface area contributed by atoms with Crippen LogP contribution in [-0.2, 0) is 0 Å². The zero-order valence-electron chi connectivity index (χ0n) is 18.0. The van der Waals surface area contributed by atoms with Crippen LogP contribution in [0.3, 0.4) is 0 Å². The van der Waals surface area contributed by atoms with Gasteiger partial charge in [-0.05, 0) is 67.1 Å². The summed E-state index contributed by atoms with van der Waals surface area (Å²) in [7, 11) is 1.61. The van der Waals surface area contributed by atoms with Gasteiger partial charge in [0.1, 0.15) is 6.10 Å². The molecule has 2 fully saturated rings. The minimum absolute atomic E-state index is 0.0307. The number of aliphatic hydroxyl groups is 1. The van der Waals surface area contributed by atoms with E-state index in [1.165, 1.54) is 0 Å². The second-order valence-corrected chi connectivity index (χ2v) is 8.57. The van der Waals surface area contributed by atoms with Crippen LogP contribution in [0, 0.1) is 11.8 Å². The van der Waals surface area contributed by atoms with Crippen LogP contribution in [0.25, 0.3) is 5.69 Å². The SMILES string of the molecule is COc1ccccc1O[C@@H]1C[C@@H]2CN(C(=O)c3ccc(-n4cccn4)cc3)C[C@@H]2C[C@H]1O. The number of fused-ring (bicyclic) bond motifs is 1. The lowest BCUT2D eigenvalue weighted by Crippen LogP contribution is -2.42. The predicted molar refractivity (Wildman–Crippen MR) is 119 cm³/mol. The van der Waals surface area contributed by atoms with Gasteiger partial charge in [-0.15, -0.1) is 0 Å². The number of methoxy groups -OCH3 is 1. The lowest BCUT2D eigenvalue weighted by molar-refractivity contribution is -0.0240. The van der Waals surface area contributed by atoms with E-state index in [2.05, 4.69) is 5.10 Å². The molecule has 7 heteroatoms. The van der Waals surface area contributed by atoms with Gasteiger partial charge in [0.2, 0.25) is 0 Å². The number of aliphatic hydroxyl groups excluding tert-OH is 1. The van der Waals surface area contributed by atoms with Crippen LogP contribution in [-0.4, -0.2) is 58.1 Å². The van der Waals surface area contributed by atoms with E-state index in [1.807, 2.05) is 65.7 Å². The third kappa shape index (κ3) is 3.96. The summed E-state index contributed by atoms with van der Waals surface area (Å²) in [6.45, 7) is 1.35. The normalized spacial score (nSPS) is 24.8. The maximum absolute atomic E-state index is 13.1. The first kappa shape index (κ1) is 20.6. The third-order valence-electron chi connectivity index (χ3n) is 6.60. The average molecular weight is 434 g/mol. The molecule has 2 aliphatic rings. The quantitative estimate of drug-likeness (QED) is 0.669. The van der Waals surface area contributed by atoms with Crippen molar-refractivity contribution in [3.8, 4) is 17.2 Å². The highest BCUT2D eigenvalue weighted by Gasteiger charge is 2.44. The fourth-order valence-corrected chi connectivity index (χ4v) is 4.92. The number of rotatable bonds is 5. The van der Waals surface area contributed by atoms with Crippen LogP contribution in [0.2, 0.25) is 0 Å². The van der Waals surface area contributed by atoms with Crippen LogP contribution in [0.1, 0.15) is 23.2 Å². The van der Waals surface area contributed by atoms with Crippen molar-refractivity contribution in [2.24, 2.45) is 11.8 Å². The Hall–Kier alpha value is -3.32. The van der Waals surface area contributed by atoms with Gasteiger partial charge in [-0.2, -0.15) is 5.10 Å². The lowest BCUT2D eigenvalue weighted by atomic mass is 9.78. The van der Waals surface area contributed by atoms with Crippen molar-refractivity contribution in [1.29, 1.82) is 0 Å². The fraction of sp³-hybridized carbons (Fsp3) is 0.360. The van der Waals surface area contributed by atoms with Crippen molar-refractivity contribution in [3.63, 3.8) is 0 Å². The lowest BCUT2D eigenvalue weighted by Gasteiger charge is -2.35. The van der Waals surface area contributed by atoms with E-state index in [4.69, 9.17) is 9.47 Å². The van der Waals surface area contributed by atoms with E-state index in [-0.39, 0.29) is 17.9 Å². The number of carbonyl (C=O) groups is 1. The second-order valence-electron chi connectivity index (χ2n) is 8.57. The third-order valence-corrected chi connectivity index (χ3v) is 6.60. The Bertz CT molecular complexity index is 1070. The van der Waals surface area contributed by atoms with Crippen LogP contribution in [0.4, 0.5) is 0 Å². The van der Waals surface area contributed by atoms with Crippen LogP contribution >= 0.6 is 0 Å². The molecule has 166 valence electrons. The number of hydrogen-bond donors (Lipinski definition) is 1. The number of benzene rings is 2. The highest BCUT2D eigenvalue weighted by atomic mass is 16.5. The smallest absolute Gasteiger partial charge is 0.253 e. The molecule has 2 heterocycles. The Labute approximate surface area is 187 Å². The molecule has 1 amide bonds. The van der Waals surface area contributed by atoms with E-state index in [9.17, 15) is 9.90 Å². The van der Waals surface area contributed by atoms with Crippen LogP contribution in [0.15, 0.2) is 67.0 Å². The maximum Gasteiger partial charge on any atom is 0.253 e. The number of carbonyl (C=O) groups excluding carboxylic acids is 1. The van der Waals surface area contributed by atoms with E-state index in [0.717, 1.165) is 5.69 Å². The number of likely N-dealkylation sites (tertiary alicyclic amines) is 1. The number of hydrogen-bond acceptors (Lipinski definition) is 5. The van der Waals surface area contributed by atoms with Gasteiger partial charge in [-0.3, -0.25) is 4.79 Å². The van der Waals surface area contributed by atoms with E-state index < -0.39 is 6.10 Å². The number of nitrogens with zero attached hydrogens (tertiary/aromatic N) is 3. The molecule has 1 aliphatic heterocycles. The molecular formula is C25H27N3O4. The molecule has 3 aromatic rings. The zero-order valence-corrected chi connectivity index (χ0v) is 18.0. The molecule has 1 N–H and O–H groups in total. The van der Waals surface area contributed by atoms with Gasteiger partial charge < -0.3 is 19.5 Å². The summed E-state index contributed by atoms with van der Waals surface area (Å²) in [6.07, 6.45) is 4.07. The van der Waals surface area contributed by atoms with Gasteiger partial charge in [0.15, 0.2) is 11.5 Å². The molecule has 4 atom stereocenters. The highest BCUT2D eigenvalue weighted by molar-refractivity contribution is 5.94. The maximum atomic E-state index is 13.1. The Kier molecular flexibility index (Phi) is 5.57. The van der Waals surface area contributed by atoms with Crippen molar-refractivity contribution < 1.29 is 19.4 Å². The van der Waals surface area contributed by atoms with Gasteiger partial charge in [-0.25, -0.2) is 4.68 Å². The highest BCUT2D eigenvalue weighted by Crippen LogP contribution is 2.39. The Morgan fingerprint density at radius 2 is 1.72 bits per heavy atom. The average Bonchev–Trinajstić information content (AvgIpc) is 3.49. The van der Waals surface area contributed by atoms with Gasteiger partial charge in [0.25, 0.3) is 5.91 Å². The molecule has 7 nitrogen and oxygen atoms in total. The summed E-state index contributed by atoms with van der Waals surface area (Å²) in [5, 5.41) is 14.9. The van der Waals surface area contributed by atoms with Crippen molar-refractivity contribution in [2.45, 2.75) is 25.0 Å². The summed E-state index contributed by atoms with van der Waals surface area (Å²) in [6, 6.07) is 16.9. The molecular weight excluding hydrogens is 406 g/mol.